The van der Waals surface area contributed by atoms with Crippen molar-refractivity contribution in [1.82, 2.24) is 0 Å². The van der Waals surface area contributed by atoms with Crippen LogP contribution in [0.15, 0.2) is 6.07 Å². The van der Waals surface area contributed by atoms with Gasteiger partial charge in [0.05, 0.1) is 5.02 Å². The molecule has 0 aliphatic heterocycles. The summed E-state index contributed by atoms with van der Waals surface area (Å²) in [5, 5.41) is 8.79. The van der Waals surface area contributed by atoms with E-state index in [-0.39, 0.29) is 10.6 Å². The maximum Gasteiger partial charge on any atom is 0.165 e. The molecule has 0 bridgehead atoms. The molecule has 0 heterocycles. The summed E-state index contributed by atoms with van der Waals surface area (Å²) in [5.74, 6) is -2.53. The third kappa shape index (κ3) is 1.28. The highest BCUT2D eigenvalue weighted by Crippen LogP contribution is 2.30. The topological polar surface area (TPSA) is 20.2 Å². The lowest BCUT2D eigenvalue weighted by Gasteiger charge is -2.02. The van der Waals surface area contributed by atoms with Crippen LogP contribution in [-0.2, 0) is 0 Å². The van der Waals surface area contributed by atoms with Gasteiger partial charge in [-0.2, -0.15) is 0 Å². The average molecular weight is 179 g/mol. The van der Waals surface area contributed by atoms with Gasteiger partial charge in [0, 0.05) is 5.56 Å². The third-order valence-electron chi connectivity index (χ3n) is 1.37. The molecule has 11 heavy (non-hydrogen) atoms. The molecule has 4 heteroatoms. The summed E-state index contributed by atoms with van der Waals surface area (Å²) in [6.45, 7) is 1.25. The predicted molar refractivity (Wildman–Crippen MR) is 37.8 cm³/mol. The average Bonchev–Trinajstić information content (AvgIpc) is 1.97. The lowest BCUT2D eigenvalue weighted by Crippen LogP contribution is -1.89. The molecule has 0 amide bonds. The zero-order valence-corrected chi connectivity index (χ0v) is 6.41. The molecule has 0 atom stereocenters. The summed E-state index contributed by atoms with van der Waals surface area (Å²) >= 11 is 5.33. The Bertz CT molecular complexity index is 273. The van der Waals surface area contributed by atoms with Gasteiger partial charge in [0.15, 0.2) is 11.6 Å². The molecule has 0 spiro atoms. The molecule has 1 N–H and O–H groups in total. The van der Waals surface area contributed by atoms with Gasteiger partial charge in [-0.1, -0.05) is 11.6 Å². The zero-order valence-electron chi connectivity index (χ0n) is 5.66. The van der Waals surface area contributed by atoms with E-state index in [9.17, 15) is 8.78 Å². The quantitative estimate of drug-likeness (QED) is 0.606. The van der Waals surface area contributed by atoms with E-state index in [4.69, 9.17) is 16.7 Å². The van der Waals surface area contributed by atoms with Gasteiger partial charge in [0.2, 0.25) is 0 Å². The summed E-state index contributed by atoms with van der Waals surface area (Å²) in [6, 6.07) is 0.735. The molecule has 60 valence electrons. The summed E-state index contributed by atoms with van der Waals surface area (Å²) in [5.41, 5.74) is -0.171. The fraction of sp³-hybridized carbons (Fsp3) is 0.143. The molecule has 1 aromatic rings. The Hall–Kier alpha value is -0.830. The molecule has 0 unspecified atom stereocenters. The van der Waals surface area contributed by atoms with Crippen LogP contribution in [0.5, 0.6) is 5.75 Å². The second-order valence-corrected chi connectivity index (χ2v) is 2.54. The second-order valence-electron chi connectivity index (χ2n) is 2.13. The highest BCUT2D eigenvalue weighted by molar-refractivity contribution is 6.32. The van der Waals surface area contributed by atoms with Gasteiger partial charge < -0.3 is 5.11 Å². The van der Waals surface area contributed by atoms with Crippen molar-refractivity contribution in [1.29, 1.82) is 0 Å². The van der Waals surface area contributed by atoms with Crippen LogP contribution in [0.2, 0.25) is 5.02 Å². The Balaban J connectivity index is 3.46. The molecular formula is C7H5ClF2O. The van der Waals surface area contributed by atoms with Gasteiger partial charge in [-0.15, -0.1) is 0 Å². The maximum atomic E-state index is 12.6. The van der Waals surface area contributed by atoms with E-state index in [1.807, 2.05) is 0 Å². The Morgan fingerprint density at radius 3 is 2.55 bits per heavy atom. The van der Waals surface area contributed by atoms with Crippen LogP contribution in [0.25, 0.3) is 0 Å². The van der Waals surface area contributed by atoms with Crippen LogP contribution >= 0.6 is 11.6 Å². The Morgan fingerprint density at radius 2 is 2.00 bits per heavy atom. The third-order valence-corrected chi connectivity index (χ3v) is 1.66. The fourth-order valence-corrected chi connectivity index (χ4v) is 0.943. The number of phenols is 1. The van der Waals surface area contributed by atoms with Crippen molar-refractivity contribution in [2.45, 2.75) is 6.92 Å². The molecule has 0 radical (unpaired) electrons. The summed E-state index contributed by atoms with van der Waals surface area (Å²) < 4.78 is 25.0. The van der Waals surface area contributed by atoms with Crippen LogP contribution in [0.1, 0.15) is 5.56 Å². The maximum absolute atomic E-state index is 12.6. The Kier molecular flexibility index (Phi) is 2.00. The first-order chi connectivity index (χ1) is 5.04. The first-order valence-electron chi connectivity index (χ1n) is 2.87. The highest BCUT2D eigenvalue weighted by Gasteiger charge is 2.12. The molecule has 0 fully saturated rings. The SMILES string of the molecule is Cc1c(O)c(Cl)cc(F)c1F. The zero-order chi connectivity index (χ0) is 8.59. The molecule has 0 saturated carbocycles. The largest absolute Gasteiger partial charge is 0.506 e. The van der Waals surface area contributed by atoms with Gasteiger partial charge in [0.25, 0.3) is 0 Å². The minimum absolute atomic E-state index is 0.171. The summed E-state index contributed by atoms with van der Waals surface area (Å²) in [4.78, 5) is 0. The van der Waals surface area contributed by atoms with E-state index in [1.165, 1.54) is 6.92 Å². The highest BCUT2D eigenvalue weighted by atomic mass is 35.5. The molecule has 0 aliphatic rings. The van der Waals surface area contributed by atoms with Crippen molar-refractivity contribution < 1.29 is 13.9 Å². The fourth-order valence-electron chi connectivity index (χ4n) is 0.705. The number of rotatable bonds is 0. The Morgan fingerprint density at radius 1 is 1.45 bits per heavy atom. The van der Waals surface area contributed by atoms with Crippen molar-refractivity contribution in [2.24, 2.45) is 0 Å². The van der Waals surface area contributed by atoms with Gasteiger partial charge >= 0.3 is 0 Å². The van der Waals surface area contributed by atoms with Crippen molar-refractivity contribution >= 4 is 11.6 Å². The smallest absolute Gasteiger partial charge is 0.165 e. The standard InChI is InChI=1S/C7H5ClF2O/c1-3-6(10)5(9)2-4(8)7(3)11/h2,11H,1H3. The summed E-state index contributed by atoms with van der Waals surface area (Å²) in [7, 11) is 0. The van der Waals surface area contributed by atoms with Crippen molar-refractivity contribution in [2.75, 3.05) is 0 Å². The van der Waals surface area contributed by atoms with Crippen LogP contribution in [0, 0.1) is 18.6 Å². The van der Waals surface area contributed by atoms with Gasteiger partial charge in [-0.25, -0.2) is 8.78 Å². The predicted octanol–water partition coefficient (Wildman–Crippen LogP) is 2.63. The molecule has 1 rings (SSSR count). The van der Waals surface area contributed by atoms with Crippen LogP contribution in [0.3, 0.4) is 0 Å². The van der Waals surface area contributed by atoms with Crippen LogP contribution in [-0.4, -0.2) is 5.11 Å². The molecule has 1 aromatic carbocycles. The lowest BCUT2D eigenvalue weighted by molar-refractivity contribution is 0.447. The van der Waals surface area contributed by atoms with Gasteiger partial charge in [-0.05, 0) is 13.0 Å². The van der Waals surface area contributed by atoms with Crippen molar-refractivity contribution in [3.8, 4) is 5.75 Å². The second kappa shape index (κ2) is 2.66. The molecular weight excluding hydrogens is 174 g/mol. The van der Waals surface area contributed by atoms with E-state index in [0.29, 0.717) is 0 Å². The molecule has 0 aliphatic carbocycles. The first-order valence-corrected chi connectivity index (χ1v) is 3.25. The van der Waals surface area contributed by atoms with E-state index < -0.39 is 17.4 Å². The van der Waals surface area contributed by atoms with Crippen LogP contribution in [0.4, 0.5) is 8.78 Å². The minimum atomic E-state index is -1.06. The minimum Gasteiger partial charge on any atom is -0.506 e. The van der Waals surface area contributed by atoms with Gasteiger partial charge in [-0.3, -0.25) is 0 Å². The number of hydrogen-bond donors (Lipinski definition) is 1. The Labute approximate surface area is 67.2 Å². The van der Waals surface area contributed by atoms with E-state index in [1.54, 1.807) is 0 Å². The number of phenolic OH excluding ortho intramolecular Hbond substituents is 1. The lowest BCUT2D eigenvalue weighted by atomic mass is 10.2. The van der Waals surface area contributed by atoms with Crippen molar-refractivity contribution in [3.63, 3.8) is 0 Å². The van der Waals surface area contributed by atoms with E-state index in [2.05, 4.69) is 0 Å². The van der Waals surface area contributed by atoms with Crippen LogP contribution < -0.4 is 0 Å². The van der Waals surface area contributed by atoms with E-state index >= 15 is 0 Å². The molecule has 0 aromatic heterocycles. The number of benzene rings is 1. The molecule has 1 nitrogen and oxygen atoms in total. The monoisotopic (exact) mass is 178 g/mol. The first kappa shape index (κ1) is 8.27. The van der Waals surface area contributed by atoms with E-state index in [0.717, 1.165) is 6.07 Å². The number of aromatic hydroxyl groups is 1. The summed E-state index contributed by atoms with van der Waals surface area (Å²) in [6.07, 6.45) is 0. The number of halogens is 3. The molecule has 0 saturated heterocycles. The normalized spacial score (nSPS) is 10.2. The van der Waals surface area contributed by atoms with Crippen molar-refractivity contribution in [3.05, 3.63) is 28.3 Å². The van der Waals surface area contributed by atoms with Gasteiger partial charge in [0.1, 0.15) is 5.75 Å². The number of hydrogen-bond acceptors (Lipinski definition) is 1.